The van der Waals surface area contributed by atoms with E-state index in [0.29, 0.717) is 17.8 Å². The van der Waals surface area contributed by atoms with E-state index in [1.165, 1.54) is 11.3 Å². The first kappa shape index (κ1) is 14.0. The lowest BCUT2D eigenvalue weighted by Gasteiger charge is -2.07. The van der Waals surface area contributed by atoms with Crippen LogP contribution in [0.4, 0.5) is 10.9 Å². The molecule has 108 valence electrons. The van der Waals surface area contributed by atoms with Crippen LogP contribution in [0, 0.1) is 11.3 Å². The molecule has 0 saturated heterocycles. The monoisotopic (exact) mass is 307 g/mol. The van der Waals surface area contributed by atoms with E-state index >= 15 is 0 Å². The van der Waals surface area contributed by atoms with Crippen LogP contribution in [0.5, 0.6) is 0 Å². The van der Waals surface area contributed by atoms with Crippen LogP contribution in [-0.2, 0) is 0 Å². The van der Waals surface area contributed by atoms with Gasteiger partial charge in [-0.25, -0.2) is 9.97 Å². The van der Waals surface area contributed by atoms with Crippen LogP contribution < -0.4 is 11.1 Å². The molecule has 0 radical (unpaired) electrons. The van der Waals surface area contributed by atoms with E-state index in [4.69, 9.17) is 5.73 Å². The third-order valence-corrected chi connectivity index (χ3v) is 4.16. The van der Waals surface area contributed by atoms with Gasteiger partial charge in [0.25, 0.3) is 0 Å². The van der Waals surface area contributed by atoms with Gasteiger partial charge in [0.15, 0.2) is 10.8 Å². The highest BCUT2D eigenvalue weighted by atomic mass is 32.1. The topological polar surface area (TPSA) is 87.6 Å². The molecule has 0 aliphatic carbocycles. The first-order chi connectivity index (χ1) is 10.7. The number of pyridine rings is 1. The molecule has 0 fully saturated rings. The van der Waals surface area contributed by atoms with Crippen LogP contribution in [0.15, 0.2) is 43.0 Å². The minimum Gasteiger partial charge on any atom is -0.383 e. The number of nitrogens with zero attached hydrogens (tertiary/aromatic N) is 3. The zero-order valence-electron chi connectivity index (χ0n) is 11.7. The number of hydrogen-bond donors (Lipinski definition) is 2. The minimum atomic E-state index is 0.203. The Balaban J connectivity index is 2.29. The molecule has 3 aromatic rings. The normalized spacial score (nSPS) is 10.3. The summed E-state index contributed by atoms with van der Waals surface area (Å²) in [6, 6.07) is 11.8. The second kappa shape index (κ2) is 5.84. The van der Waals surface area contributed by atoms with E-state index in [0.717, 1.165) is 21.0 Å². The molecule has 0 aliphatic heterocycles. The summed E-state index contributed by atoms with van der Waals surface area (Å²) in [5, 5.41) is 13.3. The lowest BCUT2D eigenvalue weighted by atomic mass is 10.0. The van der Waals surface area contributed by atoms with Gasteiger partial charge in [-0.3, -0.25) is 0 Å². The predicted octanol–water partition coefficient (Wildman–Crippen LogP) is 3.41. The van der Waals surface area contributed by atoms with Crippen molar-refractivity contribution in [3.8, 4) is 17.2 Å². The lowest BCUT2D eigenvalue weighted by Crippen LogP contribution is -1.98. The average Bonchev–Trinajstić information content (AvgIpc) is 2.94. The molecule has 0 spiro atoms. The number of thiazole rings is 1. The Morgan fingerprint density at radius 2 is 2.09 bits per heavy atom. The smallest absolute Gasteiger partial charge is 0.185 e. The van der Waals surface area contributed by atoms with Crippen molar-refractivity contribution in [3.05, 3.63) is 48.6 Å². The molecule has 0 saturated carbocycles. The Morgan fingerprint density at radius 1 is 1.32 bits per heavy atom. The van der Waals surface area contributed by atoms with Crippen LogP contribution in [0.1, 0.15) is 5.56 Å². The van der Waals surface area contributed by atoms with Crippen molar-refractivity contribution in [1.29, 1.82) is 5.26 Å². The maximum Gasteiger partial charge on any atom is 0.185 e. The lowest BCUT2D eigenvalue weighted by molar-refractivity contribution is 1.27. The third kappa shape index (κ3) is 2.38. The van der Waals surface area contributed by atoms with E-state index < -0.39 is 0 Å². The van der Waals surface area contributed by atoms with Gasteiger partial charge in [-0.1, -0.05) is 47.7 Å². The molecule has 0 atom stereocenters. The molecule has 0 unspecified atom stereocenters. The van der Waals surface area contributed by atoms with Crippen LogP contribution in [0.25, 0.3) is 21.5 Å². The second-order valence-corrected chi connectivity index (χ2v) is 5.57. The molecule has 0 aliphatic rings. The van der Waals surface area contributed by atoms with Crippen LogP contribution >= 0.6 is 11.3 Å². The molecular weight excluding hydrogens is 294 g/mol. The Kier molecular flexibility index (Phi) is 3.73. The summed E-state index contributed by atoms with van der Waals surface area (Å²) in [7, 11) is 0. The number of anilines is 2. The van der Waals surface area contributed by atoms with Gasteiger partial charge in [-0.15, -0.1) is 6.58 Å². The first-order valence-electron chi connectivity index (χ1n) is 6.65. The largest absolute Gasteiger partial charge is 0.383 e. The summed E-state index contributed by atoms with van der Waals surface area (Å²) in [5.41, 5.74) is 8.59. The number of fused-ring (bicyclic) bond motifs is 1. The summed E-state index contributed by atoms with van der Waals surface area (Å²) < 4.78 is 0.850. The first-order valence-corrected chi connectivity index (χ1v) is 7.46. The fraction of sp³-hybridized carbons (Fsp3) is 0.0625. The van der Waals surface area contributed by atoms with Crippen LogP contribution in [0.2, 0.25) is 0 Å². The van der Waals surface area contributed by atoms with E-state index in [1.54, 1.807) is 6.08 Å². The summed E-state index contributed by atoms with van der Waals surface area (Å²) in [4.78, 5) is 8.68. The van der Waals surface area contributed by atoms with Gasteiger partial charge in [-0.05, 0) is 5.56 Å². The van der Waals surface area contributed by atoms with Gasteiger partial charge < -0.3 is 11.1 Å². The average molecular weight is 307 g/mol. The fourth-order valence-corrected chi connectivity index (χ4v) is 3.18. The highest BCUT2D eigenvalue weighted by Gasteiger charge is 2.18. The minimum absolute atomic E-state index is 0.203. The maximum absolute atomic E-state index is 9.45. The Bertz CT molecular complexity index is 877. The third-order valence-electron chi connectivity index (χ3n) is 3.14. The molecule has 22 heavy (non-hydrogen) atoms. The van der Waals surface area contributed by atoms with Crippen LogP contribution in [-0.4, -0.2) is 16.5 Å². The van der Waals surface area contributed by atoms with Crippen molar-refractivity contribution in [2.45, 2.75) is 0 Å². The zero-order chi connectivity index (χ0) is 15.5. The molecule has 3 rings (SSSR count). The maximum atomic E-state index is 9.45. The van der Waals surface area contributed by atoms with Gasteiger partial charge in [0.2, 0.25) is 0 Å². The number of nitrogens with two attached hydrogens (primary N) is 1. The van der Waals surface area contributed by atoms with Gasteiger partial charge >= 0.3 is 0 Å². The quantitative estimate of drug-likeness (QED) is 0.721. The molecule has 2 aromatic heterocycles. The van der Waals surface area contributed by atoms with E-state index in [9.17, 15) is 5.26 Å². The summed E-state index contributed by atoms with van der Waals surface area (Å²) in [5.74, 6) is 0.203. The Labute approximate surface area is 131 Å². The number of benzene rings is 1. The van der Waals surface area contributed by atoms with E-state index in [1.807, 2.05) is 30.3 Å². The number of aromatic nitrogens is 2. The Hall–Kier alpha value is -2.91. The molecule has 0 amide bonds. The molecule has 5 nitrogen and oxygen atoms in total. The number of nitrogen functional groups attached to an aromatic ring is 1. The highest BCUT2D eigenvalue weighted by molar-refractivity contribution is 7.22. The van der Waals surface area contributed by atoms with Gasteiger partial charge in [-0.2, -0.15) is 5.26 Å². The number of nitrogens with one attached hydrogen (secondary N) is 1. The number of nitriles is 1. The van der Waals surface area contributed by atoms with Crippen molar-refractivity contribution in [1.82, 2.24) is 9.97 Å². The van der Waals surface area contributed by atoms with Crippen LogP contribution in [0.3, 0.4) is 0 Å². The molecule has 3 N–H and O–H groups in total. The molecule has 0 bridgehead atoms. The molecule has 2 heterocycles. The Morgan fingerprint density at radius 3 is 2.77 bits per heavy atom. The van der Waals surface area contributed by atoms with Crippen molar-refractivity contribution < 1.29 is 0 Å². The summed E-state index contributed by atoms with van der Waals surface area (Å²) in [6.07, 6.45) is 1.76. The van der Waals surface area contributed by atoms with Gasteiger partial charge in [0.05, 0.1) is 4.70 Å². The highest BCUT2D eigenvalue weighted by Crippen LogP contribution is 2.38. The van der Waals surface area contributed by atoms with Crippen molar-refractivity contribution in [2.75, 3.05) is 17.6 Å². The summed E-state index contributed by atoms with van der Waals surface area (Å²) >= 11 is 1.46. The second-order valence-electron chi connectivity index (χ2n) is 4.57. The number of rotatable bonds is 4. The standard InChI is InChI=1S/C16H13N5S/c1-2-8-19-16-21-15-13(22-16)12(10-6-4-3-5-7-10)11(9-17)14(18)20-15/h2-7H,1,8H2,(H3,18,19,20,21). The van der Waals surface area contributed by atoms with Gasteiger partial charge in [0, 0.05) is 12.1 Å². The number of hydrogen-bond acceptors (Lipinski definition) is 6. The fourth-order valence-electron chi connectivity index (χ4n) is 2.19. The van der Waals surface area contributed by atoms with Crippen molar-refractivity contribution >= 4 is 32.6 Å². The summed E-state index contributed by atoms with van der Waals surface area (Å²) in [6.45, 7) is 4.28. The zero-order valence-corrected chi connectivity index (χ0v) is 12.5. The van der Waals surface area contributed by atoms with E-state index in [-0.39, 0.29) is 5.82 Å². The molecular formula is C16H13N5S. The SMILES string of the molecule is C=CCNc1nc2nc(N)c(C#N)c(-c3ccccc3)c2s1. The molecule has 6 heteroatoms. The molecule has 1 aromatic carbocycles. The van der Waals surface area contributed by atoms with Crippen molar-refractivity contribution in [3.63, 3.8) is 0 Å². The predicted molar refractivity (Wildman–Crippen MR) is 90.7 cm³/mol. The van der Waals surface area contributed by atoms with Gasteiger partial charge in [0.1, 0.15) is 17.5 Å². The van der Waals surface area contributed by atoms with E-state index in [2.05, 4.69) is 27.9 Å². The van der Waals surface area contributed by atoms with Crippen molar-refractivity contribution in [2.24, 2.45) is 0 Å².